The lowest BCUT2D eigenvalue weighted by atomic mass is 10.1. The van der Waals surface area contributed by atoms with E-state index in [1.165, 1.54) is 4.57 Å². The summed E-state index contributed by atoms with van der Waals surface area (Å²) < 4.78 is 2.13. The van der Waals surface area contributed by atoms with Crippen LogP contribution >= 0.6 is 11.3 Å². The van der Waals surface area contributed by atoms with Crippen molar-refractivity contribution in [3.8, 4) is 0 Å². The maximum Gasteiger partial charge on any atom is 0.348 e. The number of pyridine rings is 1. The molecular weight excluding hydrogens is 264 g/mol. The Balaban J connectivity index is 2.67. The normalized spacial score (nSPS) is 11.2. The van der Waals surface area contributed by atoms with Gasteiger partial charge in [0.25, 0.3) is 5.56 Å². The second kappa shape index (κ2) is 3.83. The summed E-state index contributed by atoms with van der Waals surface area (Å²) in [5.74, 6) is -1.11. The molecule has 0 radical (unpaired) electrons. The lowest BCUT2D eigenvalue weighted by Crippen LogP contribution is -2.17. The molecule has 2 heterocycles. The number of carboxylic acid groups (broad SMARTS) is 1. The molecule has 0 aliphatic heterocycles. The zero-order valence-corrected chi connectivity index (χ0v) is 10.8. The number of anilines is 1. The third kappa shape index (κ3) is 1.47. The van der Waals surface area contributed by atoms with E-state index < -0.39 is 5.97 Å². The third-order valence-corrected chi connectivity index (χ3v) is 4.39. The van der Waals surface area contributed by atoms with Gasteiger partial charge in [-0.25, -0.2) is 4.79 Å². The minimum atomic E-state index is -1.11. The summed E-state index contributed by atoms with van der Waals surface area (Å²) in [6, 6.07) is 7.37. The van der Waals surface area contributed by atoms with Crippen LogP contribution in [0.2, 0.25) is 0 Å². The summed E-state index contributed by atoms with van der Waals surface area (Å²) >= 11 is 1.05. The highest BCUT2D eigenvalue weighted by Gasteiger charge is 2.20. The van der Waals surface area contributed by atoms with Crippen molar-refractivity contribution in [3.63, 3.8) is 0 Å². The quantitative estimate of drug-likeness (QED) is 0.711. The first-order valence-electron chi connectivity index (χ1n) is 5.55. The Kier molecular flexibility index (Phi) is 2.36. The Morgan fingerprint density at radius 1 is 1.37 bits per heavy atom. The number of carbonyl (C=O) groups is 1. The molecule has 0 atom stereocenters. The predicted molar refractivity (Wildman–Crippen MR) is 75.9 cm³/mol. The van der Waals surface area contributed by atoms with E-state index in [0.717, 1.165) is 22.2 Å². The van der Waals surface area contributed by atoms with Crippen LogP contribution in [0, 0.1) is 0 Å². The smallest absolute Gasteiger partial charge is 0.348 e. The van der Waals surface area contributed by atoms with Gasteiger partial charge in [0, 0.05) is 12.4 Å². The summed E-state index contributed by atoms with van der Waals surface area (Å²) in [6.45, 7) is 0. The van der Waals surface area contributed by atoms with E-state index in [4.69, 9.17) is 10.8 Å². The second-order valence-electron chi connectivity index (χ2n) is 4.24. The van der Waals surface area contributed by atoms with Gasteiger partial charge in [-0.15, -0.1) is 11.3 Å². The van der Waals surface area contributed by atoms with E-state index in [9.17, 15) is 9.59 Å². The summed E-state index contributed by atoms with van der Waals surface area (Å²) in [5, 5.41) is 10.3. The molecule has 19 heavy (non-hydrogen) atoms. The number of thiophene rings is 1. The summed E-state index contributed by atoms with van der Waals surface area (Å²) in [4.78, 5) is 23.5. The number of hydrogen-bond donors (Lipinski definition) is 2. The summed E-state index contributed by atoms with van der Waals surface area (Å²) in [5.41, 5.74) is 6.37. The van der Waals surface area contributed by atoms with E-state index in [2.05, 4.69) is 0 Å². The number of fused-ring (bicyclic) bond motifs is 3. The lowest BCUT2D eigenvalue weighted by molar-refractivity contribution is 0.0703. The molecule has 0 saturated heterocycles. The minimum absolute atomic E-state index is 0.0171. The van der Waals surface area contributed by atoms with Gasteiger partial charge in [-0.1, -0.05) is 18.2 Å². The number of nitrogens with zero attached hydrogens (tertiary/aromatic N) is 1. The molecule has 3 N–H and O–H groups in total. The van der Waals surface area contributed by atoms with Crippen molar-refractivity contribution in [3.05, 3.63) is 39.5 Å². The molecule has 96 valence electrons. The molecule has 2 aromatic heterocycles. The predicted octanol–water partition coefficient (Wildman–Crippen LogP) is 2.03. The van der Waals surface area contributed by atoms with E-state index in [1.807, 2.05) is 24.3 Å². The number of aryl methyl sites for hydroxylation is 1. The van der Waals surface area contributed by atoms with E-state index in [1.54, 1.807) is 7.05 Å². The van der Waals surface area contributed by atoms with Crippen molar-refractivity contribution >= 4 is 44.0 Å². The first kappa shape index (κ1) is 11.7. The fourth-order valence-corrected chi connectivity index (χ4v) is 3.33. The summed E-state index contributed by atoms with van der Waals surface area (Å²) in [7, 11) is 1.65. The Morgan fingerprint density at radius 3 is 2.74 bits per heavy atom. The molecule has 0 saturated carbocycles. The molecule has 0 bridgehead atoms. The van der Waals surface area contributed by atoms with Gasteiger partial charge in [-0.05, 0) is 6.07 Å². The Hall–Kier alpha value is -2.34. The number of aromatic carboxylic acids is 1. The van der Waals surface area contributed by atoms with Crippen LogP contribution in [0.25, 0.3) is 21.0 Å². The van der Waals surface area contributed by atoms with Gasteiger partial charge >= 0.3 is 5.97 Å². The molecule has 0 amide bonds. The average Bonchev–Trinajstić information content (AvgIpc) is 2.74. The highest BCUT2D eigenvalue weighted by molar-refractivity contribution is 7.22. The fourth-order valence-electron chi connectivity index (χ4n) is 2.24. The standard InChI is InChI=1S/C13H10N2O3S/c1-15-7-5-3-2-4-6(7)10-8(12(15)16)9(14)11(19-10)13(17)18/h2-5H,14H2,1H3,(H,17,18). The van der Waals surface area contributed by atoms with Crippen LogP contribution in [0.1, 0.15) is 9.67 Å². The number of nitrogen functional groups attached to an aromatic ring is 1. The third-order valence-electron chi connectivity index (χ3n) is 3.17. The SMILES string of the molecule is Cn1c(=O)c2c(N)c(C(=O)O)sc2c2ccccc21. The molecule has 3 rings (SSSR count). The number of aromatic nitrogens is 1. The van der Waals surface area contributed by atoms with Crippen molar-refractivity contribution < 1.29 is 9.90 Å². The Morgan fingerprint density at radius 2 is 2.05 bits per heavy atom. The van der Waals surface area contributed by atoms with E-state index in [-0.39, 0.29) is 16.1 Å². The molecular formula is C13H10N2O3S. The van der Waals surface area contributed by atoms with Gasteiger partial charge in [0.05, 0.1) is 21.3 Å². The fraction of sp³-hybridized carbons (Fsp3) is 0.0769. The molecule has 3 aromatic rings. The molecule has 0 fully saturated rings. The average molecular weight is 274 g/mol. The maximum atomic E-state index is 12.3. The molecule has 0 unspecified atom stereocenters. The van der Waals surface area contributed by atoms with Gasteiger partial charge in [0.2, 0.25) is 0 Å². The van der Waals surface area contributed by atoms with Crippen LogP contribution in [-0.2, 0) is 7.05 Å². The van der Waals surface area contributed by atoms with Gasteiger partial charge < -0.3 is 15.4 Å². The minimum Gasteiger partial charge on any atom is -0.477 e. The van der Waals surface area contributed by atoms with Crippen molar-refractivity contribution in [1.29, 1.82) is 0 Å². The van der Waals surface area contributed by atoms with Crippen LogP contribution in [0.15, 0.2) is 29.1 Å². The maximum absolute atomic E-state index is 12.3. The van der Waals surface area contributed by atoms with Gasteiger partial charge in [-0.3, -0.25) is 4.79 Å². The van der Waals surface area contributed by atoms with Crippen molar-refractivity contribution in [2.45, 2.75) is 0 Å². The highest BCUT2D eigenvalue weighted by Crippen LogP contribution is 2.35. The van der Waals surface area contributed by atoms with Gasteiger partial charge in [-0.2, -0.15) is 0 Å². The van der Waals surface area contributed by atoms with Crippen molar-refractivity contribution in [2.24, 2.45) is 7.05 Å². The Bertz CT molecular complexity index is 892. The zero-order chi connectivity index (χ0) is 13.7. The molecule has 6 heteroatoms. The molecule has 0 spiro atoms. The van der Waals surface area contributed by atoms with Crippen molar-refractivity contribution in [2.75, 3.05) is 5.73 Å². The van der Waals surface area contributed by atoms with Crippen LogP contribution < -0.4 is 11.3 Å². The molecule has 1 aromatic carbocycles. The van der Waals surface area contributed by atoms with Crippen LogP contribution in [0.4, 0.5) is 5.69 Å². The second-order valence-corrected chi connectivity index (χ2v) is 5.26. The Labute approximate surface area is 111 Å². The van der Waals surface area contributed by atoms with E-state index in [0.29, 0.717) is 10.1 Å². The first-order valence-corrected chi connectivity index (χ1v) is 6.37. The van der Waals surface area contributed by atoms with Crippen LogP contribution in [-0.4, -0.2) is 15.6 Å². The van der Waals surface area contributed by atoms with Gasteiger partial charge in [0.1, 0.15) is 4.88 Å². The number of benzene rings is 1. The van der Waals surface area contributed by atoms with E-state index >= 15 is 0 Å². The summed E-state index contributed by atoms with van der Waals surface area (Å²) in [6.07, 6.45) is 0. The van der Waals surface area contributed by atoms with Gasteiger partial charge in [0.15, 0.2) is 0 Å². The molecule has 5 nitrogen and oxygen atoms in total. The highest BCUT2D eigenvalue weighted by atomic mass is 32.1. The van der Waals surface area contributed by atoms with Crippen LogP contribution in [0.5, 0.6) is 0 Å². The lowest BCUT2D eigenvalue weighted by Gasteiger charge is -2.05. The molecule has 0 aliphatic carbocycles. The number of rotatable bonds is 1. The number of carboxylic acids is 1. The largest absolute Gasteiger partial charge is 0.477 e. The topological polar surface area (TPSA) is 85.3 Å². The monoisotopic (exact) mass is 274 g/mol. The number of nitrogens with two attached hydrogens (primary N) is 1. The first-order chi connectivity index (χ1) is 9.02. The number of para-hydroxylation sites is 1. The zero-order valence-electron chi connectivity index (χ0n) is 10.0. The number of hydrogen-bond acceptors (Lipinski definition) is 4. The van der Waals surface area contributed by atoms with Crippen LogP contribution in [0.3, 0.4) is 0 Å². The van der Waals surface area contributed by atoms with Crippen molar-refractivity contribution in [1.82, 2.24) is 4.57 Å². The molecule has 0 aliphatic rings.